The van der Waals surface area contributed by atoms with Crippen molar-refractivity contribution in [1.82, 2.24) is 19.5 Å². The SMILES string of the molecule is c1ccc(-c2nc(-c3ccc(-c4ccccc4)c(-n4c5ccccc5c5c(-c6ccccc6)cccc54)c3)nc(-c3cccc4c3sc3ccccc34)n2)cc1. The van der Waals surface area contributed by atoms with Crippen molar-refractivity contribution in [2.24, 2.45) is 0 Å². The average molecular weight is 733 g/mol. The van der Waals surface area contributed by atoms with Crippen LogP contribution >= 0.6 is 11.3 Å². The normalized spacial score (nSPS) is 11.6. The minimum absolute atomic E-state index is 0.624. The fourth-order valence-electron chi connectivity index (χ4n) is 8.12. The van der Waals surface area contributed by atoms with Gasteiger partial charge in [-0.3, -0.25) is 0 Å². The molecular formula is C51H32N4S. The molecule has 3 heterocycles. The summed E-state index contributed by atoms with van der Waals surface area (Å²) in [5.74, 6) is 1.92. The molecule has 0 fully saturated rings. The second kappa shape index (κ2) is 13.3. The van der Waals surface area contributed by atoms with Gasteiger partial charge in [-0.1, -0.05) is 164 Å². The van der Waals surface area contributed by atoms with Crippen LogP contribution in [0.5, 0.6) is 0 Å². The van der Waals surface area contributed by atoms with Crippen LogP contribution in [0.2, 0.25) is 0 Å². The Balaban J connectivity index is 1.19. The minimum atomic E-state index is 0.624. The number of thiophene rings is 1. The van der Waals surface area contributed by atoms with Crippen LogP contribution in [0.4, 0.5) is 0 Å². The van der Waals surface area contributed by atoms with Crippen molar-refractivity contribution in [3.05, 3.63) is 194 Å². The lowest BCUT2D eigenvalue weighted by Crippen LogP contribution is -2.02. The molecule has 0 aliphatic heterocycles. The van der Waals surface area contributed by atoms with Crippen molar-refractivity contribution < 1.29 is 0 Å². The van der Waals surface area contributed by atoms with E-state index in [1.54, 1.807) is 11.3 Å². The van der Waals surface area contributed by atoms with Crippen molar-refractivity contribution in [3.63, 3.8) is 0 Å². The highest BCUT2D eigenvalue weighted by molar-refractivity contribution is 7.26. The van der Waals surface area contributed by atoms with Crippen molar-refractivity contribution in [2.45, 2.75) is 0 Å². The minimum Gasteiger partial charge on any atom is -0.309 e. The molecule has 8 aromatic carbocycles. The molecular weight excluding hydrogens is 701 g/mol. The van der Waals surface area contributed by atoms with Gasteiger partial charge in [0.25, 0.3) is 0 Å². The molecule has 0 aliphatic carbocycles. The Labute approximate surface area is 327 Å². The standard InChI is InChI=1S/C51H32N4S/c1-4-16-33(17-5-1)37-31-30-36(32-45(37)55-43-27-12-10-23-41(43)47-38(24-15-28-44(47)55)34-18-6-2-7-19-34)50-52-49(35-20-8-3-9-21-35)53-51(54-50)42-26-14-25-40-39-22-11-13-29-46(39)56-48(40)42/h1-32H. The highest BCUT2D eigenvalue weighted by Crippen LogP contribution is 2.43. The Morgan fingerprint density at radius 1 is 0.357 bits per heavy atom. The molecule has 262 valence electrons. The third kappa shape index (κ3) is 5.32. The number of aromatic nitrogens is 4. The zero-order chi connectivity index (χ0) is 37.0. The van der Waals surface area contributed by atoms with Crippen molar-refractivity contribution in [3.8, 4) is 62.1 Å². The van der Waals surface area contributed by atoms with Crippen molar-refractivity contribution in [2.75, 3.05) is 0 Å². The summed E-state index contributed by atoms with van der Waals surface area (Å²) in [6.07, 6.45) is 0. The van der Waals surface area contributed by atoms with E-state index in [1.165, 1.54) is 42.1 Å². The number of hydrogen-bond donors (Lipinski definition) is 0. The van der Waals surface area contributed by atoms with E-state index in [4.69, 9.17) is 15.0 Å². The topological polar surface area (TPSA) is 43.6 Å². The third-order valence-electron chi connectivity index (χ3n) is 10.7. The second-order valence-electron chi connectivity index (χ2n) is 14.0. The molecule has 5 heteroatoms. The van der Waals surface area contributed by atoms with Gasteiger partial charge in [-0.15, -0.1) is 11.3 Å². The van der Waals surface area contributed by atoms with Crippen LogP contribution < -0.4 is 0 Å². The Morgan fingerprint density at radius 2 is 0.911 bits per heavy atom. The van der Waals surface area contributed by atoms with Gasteiger partial charge < -0.3 is 4.57 Å². The average Bonchev–Trinajstić information content (AvgIpc) is 3.83. The number of nitrogens with zero attached hydrogens (tertiary/aromatic N) is 4. The maximum Gasteiger partial charge on any atom is 0.165 e. The van der Waals surface area contributed by atoms with E-state index in [0.717, 1.165) is 44.5 Å². The number of fused-ring (bicyclic) bond motifs is 6. The highest BCUT2D eigenvalue weighted by Gasteiger charge is 2.21. The van der Waals surface area contributed by atoms with E-state index in [9.17, 15) is 0 Å². The van der Waals surface area contributed by atoms with E-state index in [-0.39, 0.29) is 0 Å². The lowest BCUT2D eigenvalue weighted by molar-refractivity contribution is 1.07. The van der Waals surface area contributed by atoms with E-state index >= 15 is 0 Å². The van der Waals surface area contributed by atoms with Gasteiger partial charge in [0, 0.05) is 53.2 Å². The second-order valence-corrected chi connectivity index (χ2v) is 15.0. The molecule has 4 nitrogen and oxygen atoms in total. The lowest BCUT2D eigenvalue weighted by Gasteiger charge is -2.16. The molecule has 0 bridgehead atoms. The van der Waals surface area contributed by atoms with Gasteiger partial charge in [0.2, 0.25) is 0 Å². The van der Waals surface area contributed by atoms with Crippen molar-refractivity contribution in [1.29, 1.82) is 0 Å². The van der Waals surface area contributed by atoms with Crippen LogP contribution in [0.1, 0.15) is 0 Å². The van der Waals surface area contributed by atoms with E-state index in [0.29, 0.717) is 17.5 Å². The Kier molecular flexibility index (Phi) is 7.64. The fourth-order valence-corrected chi connectivity index (χ4v) is 9.33. The molecule has 0 saturated heterocycles. The number of benzene rings is 8. The van der Waals surface area contributed by atoms with Gasteiger partial charge in [-0.05, 0) is 47.0 Å². The van der Waals surface area contributed by atoms with Gasteiger partial charge >= 0.3 is 0 Å². The summed E-state index contributed by atoms with van der Waals surface area (Å²) in [7, 11) is 0. The fraction of sp³-hybridized carbons (Fsp3) is 0. The first-order valence-electron chi connectivity index (χ1n) is 18.8. The molecule has 0 radical (unpaired) electrons. The zero-order valence-corrected chi connectivity index (χ0v) is 31.0. The van der Waals surface area contributed by atoms with Gasteiger partial charge in [0.15, 0.2) is 17.5 Å². The number of rotatable bonds is 6. The first-order valence-corrected chi connectivity index (χ1v) is 19.6. The maximum absolute atomic E-state index is 5.30. The molecule has 0 N–H and O–H groups in total. The van der Waals surface area contributed by atoms with Gasteiger partial charge in [0.05, 0.1) is 16.7 Å². The van der Waals surface area contributed by atoms with Crippen LogP contribution in [0, 0.1) is 0 Å². The zero-order valence-electron chi connectivity index (χ0n) is 30.2. The van der Waals surface area contributed by atoms with Gasteiger partial charge in [-0.2, -0.15) is 0 Å². The molecule has 0 saturated carbocycles. The monoisotopic (exact) mass is 732 g/mol. The van der Waals surface area contributed by atoms with E-state index in [2.05, 4.69) is 180 Å². The summed E-state index contributed by atoms with van der Waals surface area (Å²) < 4.78 is 4.83. The van der Waals surface area contributed by atoms with Crippen LogP contribution in [-0.2, 0) is 0 Å². The molecule has 0 spiro atoms. The molecule has 0 amide bonds. The number of para-hydroxylation sites is 1. The summed E-state index contributed by atoms with van der Waals surface area (Å²) in [6, 6.07) is 68.6. The maximum atomic E-state index is 5.30. The summed E-state index contributed by atoms with van der Waals surface area (Å²) >= 11 is 1.78. The predicted molar refractivity (Wildman–Crippen MR) is 234 cm³/mol. The summed E-state index contributed by atoms with van der Waals surface area (Å²) in [6.45, 7) is 0. The molecule has 3 aromatic heterocycles. The first-order chi connectivity index (χ1) is 27.8. The highest BCUT2D eigenvalue weighted by atomic mass is 32.1. The molecule has 0 unspecified atom stereocenters. The predicted octanol–water partition coefficient (Wildman–Crippen LogP) is 13.7. The first kappa shape index (κ1) is 32.2. The molecule has 11 aromatic rings. The third-order valence-corrected chi connectivity index (χ3v) is 11.9. The van der Waals surface area contributed by atoms with Crippen LogP contribution in [0.25, 0.3) is 104 Å². The smallest absolute Gasteiger partial charge is 0.165 e. The summed E-state index contributed by atoms with van der Waals surface area (Å²) in [5.41, 5.74) is 10.8. The largest absolute Gasteiger partial charge is 0.309 e. The molecule has 0 aliphatic rings. The molecule has 11 rings (SSSR count). The van der Waals surface area contributed by atoms with Crippen LogP contribution in [0.3, 0.4) is 0 Å². The van der Waals surface area contributed by atoms with E-state index in [1.807, 2.05) is 18.2 Å². The summed E-state index contributed by atoms with van der Waals surface area (Å²) in [5, 5.41) is 4.89. The Hall–Kier alpha value is -7.21. The van der Waals surface area contributed by atoms with Gasteiger partial charge in [0.1, 0.15) is 0 Å². The van der Waals surface area contributed by atoms with Gasteiger partial charge in [-0.25, -0.2) is 15.0 Å². The van der Waals surface area contributed by atoms with Crippen LogP contribution in [-0.4, -0.2) is 19.5 Å². The Bertz CT molecular complexity index is 3240. The summed E-state index contributed by atoms with van der Waals surface area (Å²) in [4.78, 5) is 15.7. The molecule has 56 heavy (non-hydrogen) atoms. The lowest BCUT2D eigenvalue weighted by atomic mass is 9.99. The molecule has 0 atom stereocenters. The quantitative estimate of drug-likeness (QED) is 0.171. The number of hydrogen-bond acceptors (Lipinski definition) is 4. The van der Waals surface area contributed by atoms with Crippen LogP contribution in [0.15, 0.2) is 194 Å². The van der Waals surface area contributed by atoms with E-state index < -0.39 is 0 Å². The van der Waals surface area contributed by atoms with Crippen molar-refractivity contribution >= 4 is 53.3 Å². The Morgan fingerprint density at radius 3 is 1.68 bits per heavy atom.